The average molecular weight is 309 g/mol. The van der Waals surface area contributed by atoms with Crippen LogP contribution in [0.5, 0.6) is 11.6 Å². The quantitative estimate of drug-likeness (QED) is 0.884. The first kappa shape index (κ1) is 15.7. The maximum Gasteiger partial charge on any atom is 0.238 e. The standard InChI is InChI=1S/C16H18ClFN2O/c1-10(2)19-8-12-7-13(17)16(20-9-12)21-15-6-11(3)4-5-14(15)18/h4-7,9-10,19H,8H2,1-3H3. The van der Waals surface area contributed by atoms with Gasteiger partial charge in [0.2, 0.25) is 5.88 Å². The van der Waals surface area contributed by atoms with Crippen LogP contribution >= 0.6 is 11.6 Å². The molecule has 1 aromatic carbocycles. The van der Waals surface area contributed by atoms with Gasteiger partial charge in [-0.1, -0.05) is 31.5 Å². The van der Waals surface area contributed by atoms with Crippen LogP contribution < -0.4 is 10.1 Å². The van der Waals surface area contributed by atoms with Crippen molar-refractivity contribution in [2.75, 3.05) is 0 Å². The lowest BCUT2D eigenvalue weighted by atomic mass is 10.2. The van der Waals surface area contributed by atoms with Crippen LogP contribution in [0.2, 0.25) is 5.02 Å². The molecule has 0 aliphatic carbocycles. The first-order valence-corrected chi connectivity index (χ1v) is 7.15. The van der Waals surface area contributed by atoms with Crippen LogP contribution in [0.3, 0.4) is 0 Å². The van der Waals surface area contributed by atoms with Gasteiger partial charge >= 0.3 is 0 Å². The molecule has 0 bridgehead atoms. The molecule has 0 aliphatic heterocycles. The molecular formula is C16H18ClFN2O. The highest BCUT2D eigenvalue weighted by Gasteiger charge is 2.10. The molecule has 0 unspecified atom stereocenters. The maximum atomic E-state index is 13.7. The Kier molecular flexibility index (Phi) is 5.15. The summed E-state index contributed by atoms with van der Waals surface area (Å²) >= 11 is 6.15. The van der Waals surface area contributed by atoms with Gasteiger partial charge in [0.25, 0.3) is 0 Å². The predicted octanol–water partition coefficient (Wildman–Crippen LogP) is 4.47. The van der Waals surface area contributed by atoms with E-state index in [4.69, 9.17) is 16.3 Å². The minimum absolute atomic E-state index is 0.123. The smallest absolute Gasteiger partial charge is 0.238 e. The van der Waals surface area contributed by atoms with E-state index in [1.165, 1.54) is 6.07 Å². The van der Waals surface area contributed by atoms with E-state index in [1.54, 1.807) is 24.4 Å². The molecule has 0 atom stereocenters. The molecule has 0 fully saturated rings. The van der Waals surface area contributed by atoms with Crippen LogP contribution in [0.4, 0.5) is 4.39 Å². The number of nitrogens with one attached hydrogen (secondary N) is 1. The zero-order valence-electron chi connectivity index (χ0n) is 12.3. The Balaban J connectivity index is 2.15. The van der Waals surface area contributed by atoms with Gasteiger partial charge in [-0.3, -0.25) is 0 Å². The molecule has 0 saturated carbocycles. The Morgan fingerprint density at radius 3 is 2.76 bits per heavy atom. The molecule has 3 nitrogen and oxygen atoms in total. The van der Waals surface area contributed by atoms with E-state index in [9.17, 15) is 4.39 Å². The Bertz CT molecular complexity index is 632. The summed E-state index contributed by atoms with van der Waals surface area (Å²) in [6.45, 7) is 6.66. The van der Waals surface area contributed by atoms with Crippen LogP contribution in [0, 0.1) is 12.7 Å². The Morgan fingerprint density at radius 1 is 1.33 bits per heavy atom. The van der Waals surface area contributed by atoms with E-state index in [0.29, 0.717) is 17.6 Å². The second-order valence-corrected chi connectivity index (χ2v) is 5.61. The molecule has 0 aliphatic rings. The minimum atomic E-state index is -0.441. The molecule has 1 heterocycles. The van der Waals surface area contributed by atoms with Crippen molar-refractivity contribution in [3.63, 3.8) is 0 Å². The summed E-state index contributed by atoms with van der Waals surface area (Å²) in [5, 5.41) is 3.64. The van der Waals surface area contributed by atoms with Crippen LogP contribution in [0.15, 0.2) is 30.5 Å². The van der Waals surface area contributed by atoms with Gasteiger partial charge in [-0.25, -0.2) is 9.37 Å². The number of aryl methyl sites for hydroxylation is 1. The van der Waals surface area contributed by atoms with Crippen molar-refractivity contribution >= 4 is 11.6 Å². The Morgan fingerprint density at radius 2 is 2.10 bits per heavy atom. The van der Waals surface area contributed by atoms with E-state index < -0.39 is 5.82 Å². The van der Waals surface area contributed by atoms with Crippen molar-refractivity contribution in [1.29, 1.82) is 0 Å². The van der Waals surface area contributed by atoms with Crippen LogP contribution in [-0.4, -0.2) is 11.0 Å². The summed E-state index contributed by atoms with van der Waals surface area (Å²) in [6, 6.07) is 6.80. The average Bonchev–Trinajstić information content (AvgIpc) is 2.43. The molecule has 5 heteroatoms. The van der Waals surface area contributed by atoms with Crippen LogP contribution in [0.25, 0.3) is 0 Å². The van der Waals surface area contributed by atoms with Crippen molar-refractivity contribution in [2.24, 2.45) is 0 Å². The van der Waals surface area contributed by atoms with Crippen molar-refractivity contribution in [3.8, 4) is 11.6 Å². The number of pyridine rings is 1. The van der Waals surface area contributed by atoms with Crippen LogP contribution in [-0.2, 0) is 6.54 Å². The summed E-state index contributed by atoms with van der Waals surface area (Å²) in [4.78, 5) is 4.16. The zero-order valence-corrected chi connectivity index (χ0v) is 13.0. The fourth-order valence-electron chi connectivity index (χ4n) is 1.75. The highest BCUT2D eigenvalue weighted by atomic mass is 35.5. The third kappa shape index (κ3) is 4.41. The van der Waals surface area contributed by atoms with E-state index in [1.807, 2.05) is 6.92 Å². The predicted molar refractivity (Wildman–Crippen MR) is 82.4 cm³/mol. The fourth-order valence-corrected chi connectivity index (χ4v) is 1.98. The molecule has 0 amide bonds. The van der Waals surface area contributed by atoms with E-state index >= 15 is 0 Å². The number of hydrogen-bond acceptors (Lipinski definition) is 3. The fraction of sp³-hybridized carbons (Fsp3) is 0.312. The number of halogens is 2. The third-order valence-corrected chi connectivity index (χ3v) is 3.14. The molecule has 1 aromatic heterocycles. The molecule has 2 rings (SSSR count). The molecule has 112 valence electrons. The first-order valence-electron chi connectivity index (χ1n) is 6.77. The summed E-state index contributed by atoms with van der Waals surface area (Å²) in [7, 11) is 0. The Labute approximate surface area is 129 Å². The number of ether oxygens (including phenoxy) is 1. The van der Waals surface area contributed by atoms with Gasteiger partial charge in [0.05, 0.1) is 0 Å². The van der Waals surface area contributed by atoms with Crippen LogP contribution in [0.1, 0.15) is 25.0 Å². The molecule has 0 radical (unpaired) electrons. The monoisotopic (exact) mass is 308 g/mol. The molecule has 1 N–H and O–H groups in total. The highest BCUT2D eigenvalue weighted by Crippen LogP contribution is 2.29. The van der Waals surface area contributed by atoms with Gasteiger partial charge in [0.1, 0.15) is 5.02 Å². The van der Waals surface area contributed by atoms with Crippen molar-refractivity contribution in [2.45, 2.75) is 33.4 Å². The molecule has 2 aromatic rings. The minimum Gasteiger partial charge on any atom is -0.434 e. The molecule has 0 spiro atoms. The first-order chi connectivity index (χ1) is 9.95. The Hall–Kier alpha value is -1.65. The van der Waals surface area contributed by atoms with Crippen molar-refractivity contribution in [1.82, 2.24) is 10.3 Å². The highest BCUT2D eigenvalue weighted by molar-refractivity contribution is 6.31. The lowest BCUT2D eigenvalue weighted by molar-refractivity contribution is 0.427. The van der Waals surface area contributed by atoms with E-state index in [2.05, 4.69) is 24.1 Å². The second-order valence-electron chi connectivity index (χ2n) is 5.20. The largest absolute Gasteiger partial charge is 0.434 e. The summed E-state index contributed by atoms with van der Waals surface area (Å²) in [6.07, 6.45) is 1.67. The van der Waals surface area contributed by atoms with Gasteiger partial charge in [0.15, 0.2) is 11.6 Å². The lowest BCUT2D eigenvalue weighted by Crippen LogP contribution is -2.21. The van der Waals surface area contributed by atoms with Gasteiger partial charge in [-0.05, 0) is 36.2 Å². The lowest BCUT2D eigenvalue weighted by Gasteiger charge is -2.11. The summed E-state index contributed by atoms with van der Waals surface area (Å²) in [5.41, 5.74) is 1.85. The number of rotatable bonds is 5. The van der Waals surface area contributed by atoms with Gasteiger partial charge < -0.3 is 10.1 Å². The normalized spacial score (nSPS) is 11.0. The third-order valence-electron chi connectivity index (χ3n) is 2.87. The summed E-state index contributed by atoms with van der Waals surface area (Å²) in [5.74, 6) is -0.115. The van der Waals surface area contributed by atoms with E-state index in [-0.39, 0.29) is 11.6 Å². The number of nitrogens with zero attached hydrogens (tertiary/aromatic N) is 1. The van der Waals surface area contributed by atoms with Crippen molar-refractivity contribution < 1.29 is 9.13 Å². The van der Waals surface area contributed by atoms with Crippen molar-refractivity contribution in [3.05, 3.63) is 52.4 Å². The number of hydrogen-bond donors (Lipinski definition) is 1. The number of aromatic nitrogens is 1. The maximum absolute atomic E-state index is 13.7. The molecule has 0 saturated heterocycles. The van der Waals surface area contributed by atoms with Gasteiger partial charge in [-0.2, -0.15) is 0 Å². The van der Waals surface area contributed by atoms with E-state index in [0.717, 1.165) is 11.1 Å². The van der Waals surface area contributed by atoms with Gasteiger partial charge in [-0.15, -0.1) is 0 Å². The SMILES string of the molecule is Cc1ccc(F)c(Oc2ncc(CNC(C)C)cc2Cl)c1. The molecular weight excluding hydrogens is 291 g/mol. The van der Waals surface area contributed by atoms with Gasteiger partial charge in [0, 0.05) is 18.8 Å². The topological polar surface area (TPSA) is 34.1 Å². The zero-order chi connectivity index (χ0) is 15.4. The molecule has 21 heavy (non-hydrogen) atoms. The summed E-state index contributed by atoms with van der Waals surface area (Å²) < 4.78 is 19.1. The second kappa shape index (κ2) is 6.87. The number of benzene rings is 1.